The number of rotatable bonds is 5. The van der Waals surface area contributed by atoms with E-state index in [0.29, 0.717) is 32.0 Å². The lowest BCUT2D eigenvalue weighted by molar-refractivity contribution is -0.384. The molecule has 0 spiro atoms. The molecule has 1 fully saturated rings. The Hall–Kier alpha value is -3.76. The van der Waals surface area contributed by atoms with Gasteiger partial charge in [-0.3, -0.25) is 19.8 Å². The predicted octanol–water partition coefficient (Wildman–Crippen LogP) is 4.96. The number of carbonyl (C=O) groups is 2. The Morgan fingerprint density at radius 2 is 1.90 bits per heavy atom. The van der Waals surface area contributed by atoms with Gasteiger partial charge in [-0.25, -0.2) is 4.79 Å². The highest BCUT2D eigenvalue weighted by molar-refractivity contribution is 8.27. The molecule has 0 unspecified atom stereocenters. The number of amides is 1. The molecule has 0 bridgehead atoms. The fourth-order valence-electron chi connectivity index (χ4n) is 2.93. The molecule has 0 saturated carbocycles. The Morgan fingerprint density at radius 3 is 2.58 bits per heavy atom. The van der Waals surface area contributed by atoms with Crippen molar-refractivity contribution in [3.8, 4) is 11.3 Å². The first-order valence-electron chi connectivity index (χ1n) is 8.79. The first-order chi connectivity index (χ1) is 14.8. The van der Waals surface area contributed by atoms with Crippen LogP contribution in [0.3, 0.4) is 0 Å². The van der Waals surface area contributed by atoms with Crippen molar-refractivity contribution in [2.45, 2.75) is 0 Å². The van der Waals surface area contributed by atoms with Gasteiger partial charge < -0.3 is 9.52 Å². The van der Waals surface area contributed by atoms with Gasteiger partial charge in [0.2, 0.25) is 0 Å². The molecule has 1 aliphatic heterocycles. The number of furan rings is 1. The van der Waals surface area contributed by atoms with E-state index in [9.17, 15) is 19.7 Å². The number of carboxylic acids is 1. The molecule has 0 aliphatic carbocycles. The molecule has 1 aromatic heterocycles. The van der Waals surface area contributed by atoms with Crippen LogP contribution in [0.25, 0.3) is 17.4 Å². The second kappa shape index (κ2) is 8.17. The van der Waals surface area contributed by atoms with E-state index in [0.717, 1.165) is 11.8 Å². The summed E-state index contributed by atoms with van der Waals surface area (Å²) in [6.07, 6.45) is 1.55. The molecule has 154 valence electrons. The smallest absolute Gasteiger partial charge is 0.335 e. The van der Waals surface area contributed by atoms with Gasteiger partial charge in [0.15, 0.2) is 4.32 Å². The van der Waals surface area contributed by atoms with E-state index in [2.05, 4.69) is 0 Å². The van der Waals surface area contributed by atoms with Gasteiger partial charge in [-0.05, 0) is 36.4 Å². The topological polar surface area (TPSA) is 114 Å². The predicted molar refractivity (Wildman–Crippen MR) is 120 cm³/mol. The molecule has 0 radical (unpaired) electrons. The number of carboxylic acid groups (broad SMARTS) is 1. The van der Waals surface area contributed by atoms with Crippen molar-refractivity contribution in [3.05, 3.63) is 87.0 Å². The van der Waals surface area contributed by atoms with Crippen molar-refractivity contribution in [3.63, 3.8) is 0 Å². The highest BCUT2D eigenvalue weighted by atomic mass is 32.2. The standard InChI is InChI=1S/C21H12N2O6S2/c24-19-18(31-21(30)22(19)14-4-6-15(7-5-14)23(27)28)11-16-8-9-17(29-16)12-2-1-3-13(10-12)20(25)26/h1-11H,(H,25,26). The number of thiocarbonyl (C=S) groups is 1. The van der Waals surface area contributed by atoms with E-state index in [1.165, 1.54) is 41.3 Å². The minimum Gasteiger partial charge on any atom is -0.478 e. The maximum Gasteiger partial charge on any atom is 0.335 e. The highest BCUT2D eigenvalue weighted by Gasteiger charge is 2.33. The quantitative estimate of drug-likeness (QED) is 0.250. The third kappa shape index (κ3) is 4.11. The molecule has 3 aromatic rings. The lowest BCUT2D eigenvalue weighted by Crippen LogP contribution is -2.27. The van der Waals surface area contributed by atoms with Crippen molar-refractivity contribution < 1.29 is 24.0 Å². The van der Waals surface area contributed by atoms with Crippen LogP contribution >= 0.6 is 24.0 Å². The number of hydrogen-bond donors (Lipinski definition) is 1. The van der Waals surface area contributed by atoms with Crippen LogP contribution in [0.2, 0.25) is 0 Å². The van der Waals surface area contributed by atoms with Crippen molar-refractivity contribution in [2.75, 3.05) is 4.90 Å². The van der Waals surface area contributed by atoms with E-state index in [-0.39, 0.29) is 17.2 Å². The molecule has 31 heavy (non-hydrogen) atoms. The van der Waals surface area contributed by atoms with Gasteiger partial charge in [-0.2, -0.15) is 0 Å². The Kier molecular flexibility index (Phi) is 5.40. The van der Waals surface area contributed by atoms with E-state index in [4.69, 9.17) is 21.7 Å². The van der Waals surface area contributed by atoms with Gasteiger partial charge in [-0.1, -0.05) is 36.1 Å². The van der Waals surface area contributed by atoms with Gasteiger partial charge in [0.05, 0.1) is 21.1 Å². The zero-order valence-corrected chi connectivity index (χ0v) is 17.2. The summed E-state index contributed by atoms with van der Waals surface area (Å²) in [7, 11) is 0. The number of hydrogen-bond acceptors (Lipinski definition) is 7. The lowest BCUT2D eigenvalue weighted by Gasteiger charge is -2.13. The number of anilines is 1. The molecule has 2 aromatic carbocycles. The molecule has 4 rings (SSSR count). The third-order valence-electron chi connectivity index (χ3n) is 4.41. The maximum absolute atomic E-state index is 12.8. The Bertz CT molecular complexity index is 1260. The van der Waals surface area contributed by atoms with Crippen LogP contribution in [0.15, 0.2) is 70.0 Å². The van der Waals surface area contributed by atoms with Crippen LogP contribution in [-0.4, -0.2) is 26.2 Å². The van der Waals surface area contributed by atoms with E-state index in [1.807, 2.05) is 0 Å². The number of nitro benzene ring substituents is 1. The van der Waals surface area contributed by atoms with Crippen LogP contribution in [0.4, 0.5) is 11.4 Å². The molecule has 1 amide bonds. The molecule has 1 saturated heterocycles. The fourth-order valence-corrected chi connectivity index (χ4v) is 4.21. The Morgan fingerprint density at radius 1 is 1.16 bits per heavy atom. The summed E-state index contributed by atoms with van der Waals surface area (Å²) in [5.74, 6) is -0.543. The molecule has 1 aliphatic rings. The summed E-state index contributed by atoms with van der Waals surface area (Å²) in [5.41, 5.74) is 1.08. The summed E-state index contributed by atoms with van der Waals surface area (Å²) in [6, 6.07) is 15.2. The number of benzene rings is 2. The first-order valence-corrected chi connectivity index (χ1v) is 10.0. The molecule has 0 atom stereocenters. The Labute approximate surface area is 184 Å². The SMILES string of the molecule is O=C(O)c1cccc(-c2ccc(C=C3SC(=S)N(c4ccc([N+](=O)[O-])cc4)C3=O)o2)c1. The summed E-state index contributed by atoms with van der Waals surface area (Å²) in [5, 5.41) is 20.0. The molecule has 2 heterocycles. The van der Waals surface area contributed by atoms with Crippen LogP contribution < -0.4 is 4.90 Å². The monoisotopic (exact) mass is 452 g/mol. The number of thioether (sulfide) groups is 1. The number of nitro groups is 1. The molecule has 10 heteroatoms. The lowest BCUT2D eigenvalue weighted by atomic mass is 10.1. The minimum atomic E-state index is -1.04. The highest BCUT2D eigenvalue weighted by Crippen LogP contribution is 2.37. The van der Waals surface area contributed by atoms with E-state index < -0.39 is 10.9 Å². The van der Waals surface area contributed by atoms with Crippen molar-refractivity contribution in [1.82, 2.24) is 0 Å². The van der Waals surface area contributed by atoms with Gasteiger partial charge >= 0.3 is 5.97 Å². The largest absolute Gasteiger partial charge is 0.478 e. The van der Waals surface area contributed by atoms with Gasteiger partial charge in [0.1, 0.15) is 11.5 Å². The number of aromatic carboxylic acids is 1. The number of non-ortho nitro benzene ring substituents is 1. The van der Waals surface area contributed by atoms with Gasteiger partial charge in [0, 0.05) is 23.8 Å². The van der Waals surface area contributed by atoms with Crippen molar-refractivity contribution in [2.24, 2.45) is 0 Å². The van der Waals surface area contributed by atoms with Gasteiger partial charge in [-0.15, -0.1) is 0 Å². The third-order valence-corrected chi connectivity index (χ3v) is 5.71. The van der Waals surface area contributed by atoms with Gasteiger partial charge in [0.25, 0.3) is 11.6 Å². The average molecular weight is 452 g/mol. The molecule has 8 nitrogen and oxygen atoms in total. The van der Waals surface area contributed by atoms with Crippen LogP contribution in [0.5, 0.6) is 0 Å². The van der Waals surface area contributed by atoms with Crippen molar-refractivity contribution in [1.29, 1.82) is 0 Å². The molecular weight excluding hydrogens is 440 g/mol. The zero-order chi connectivity index (χ0) is 22.1. The number of carbonyl (C=O) groups excluding carboxylic acids is 1. The molecule has 1 N–H and O–H groups in total. The van der Waals surface area contributed by atoms with E-state index in [1.54, 1.807) is 30.3 Å². The second-order valence-electron chi connectivity index (χ2n) is 6.38. The Balaban J connectivity index is 1.58. The normalized spacial score (nSPS) is 15.0. The minimum absolute atomic E-state index is 0.0835. The summed E-state index contributed by atoms with van der Waals surface area (Å²) in [4.78, 5) is 35.9. The average Bonchev–Trinajstić information content (AvgIpc) is 3.33. The fraction of sp³-hybridized carbons (Fsp3) is 0. The summed E-state index contributed by atoms with van der Waals surface area (Å²) in [6.45, 7) is 0. The first kappa shape index (κ1) is 20.5. The maximum atomic E-state index is 12.8. The van der Waals surface area contributed by atoms with Crippen molar-refractivity contribution >= 4 is 57.6 Å². The molecular formula is C21H12N2O6S2. The number of nitrogens with zero attached hydrogens (tertiary/aromatic N) is 2. The van der Waals surface area contributed by atoms with E-state index >= 15 is 0 Å². The van der Waals surface area contributed by atoms with Crippen LogP contribution in [0, 0.1) is 10.1 Å². The summed E-state index contributed by atoms with van der Waals surface area (Å²) >= 11 is 6.40. The zero-order valence-electron chi connectivity index (χ0n) is 15.6. The van der Waals surface area contributed by atoms with Crippen LogP contribution in [-0.2, 0) is 4.79 Å². The van der Waals surface area contributed by atoms with Crippen LogP contribution in [0.1, 0.15) is 16.1 Å². The summed E-state index contributed by atoms with van der Waals surface area (Å²) < 4.78 is 6.06. The second-order valence-corrected chi connectivity index (χ2v) is 8.05.